The van der Waals surface area contributed by atoms with E-state index in [1.165, 1.54) is 186 Å². The van der Waals surface area contributed by atoms with Crippen molar-refractivity contribution < 1.29 is 19.4 Å². The number of carbonyl (C=O) groups is 1. The molecule has 0 aliphatic heterocycles. The van der Waals surface area contributed by atoms with Crippen LogP contribution in [0.2, 0.25) is 0 Å². The molecule has 0 aliphatic carbocycles. The average Bonchev–Trinajstić information content (AvgIpc) is 3.14. The minimum atomic E-state index is -0.00653. The molecule has 0 aromatic carbocycles. The molecule has 0 saturated heterocycles. The molecule has 5 nitrogen and oxygen atoms in total. The minimum Gasteiger partial charge on any atom is -0.466 e. The maximum absolute atomic E-state index is 12.2. The molecule has 52 heavy (non-hydrogen) atoms. The number of ether oxygens (including phenoxy) is 2. The highest BCUT2D eigenvalue weighted by molar-refractivity contribution is 5.69. The maximum atomic E-state index is 12.2. The molecule has 0 rings (SSSR count). The number of unbranched alkanes of at least 4 members (excludes halogenated alkanes) is 20. The van der Waals surface area contributed by atoms with E-state index in [0.717, 1.165) is 44.8 Å². The lowest BCUT2D eigenvalue weighted by Gasteiger charge is -2.23. The van der Waals surface area contributed by atoms with E-state index in [-0.39, 0.29) is 12.6 Å². The maximum Gasteiger partial charge on any atom is 0.305 e. The van der Waals surface area contributed by atoms with Crippen molar-refractivity contribution in [3.05, 3.63) is 0 Å². The number of nitrogens with zero attached hydrogens (tertiary/aromatic N) is 1. The predicted octanol–water partition coefficient (Wildman–Crippen LogP) is 14.2. The highest BCUT2D eigenvalue weighted by Crippen LogP contribution is 2.22. The Morgan fingerprint density at radius 2 is 0.942 bits per heavy atom. The first-order chi connectivity index (χ1) is 25.5. The molecular formula is C47H95NO4. The summed E-state index contributed by atoms with van der Waals surface area (Å²) in [7, 11) is 0. The minimum absolute atomic E-state index is 0.00653. The van der Waals surface area contributed by atoms with Crippen molar-refractivity contribution in [2.75, 3.05) is 32.8 Å². The number of rotatable bonds is 43. The van der Waals surface area contributed by atoms with Gasteiger partial charge < -0.3 is 19.5 Å². The number of carbonyl (C=O) groups excluding carboxylic acids is 1. The first-order valence-corrected chi connectivity index (χ1v) is 23.6. The molecule has 5 heteroatoms. The fraction of sp³-hybridized carbons (Fsp3) is 0.979. The average molecular weight is 738 g/mol. The van der Waals surface area contributed by atoms with Crippen molar-refractivity contribution in [3.8, 4) is 0 Å². The molecule has 1 unspecified atom stereocenters. The van der Waals surface area contributed by atoms with E-state index < -0.39 is 0 Å². The van der Waals surface area contributed by atoms with Gasteiger partial charge in [-0.15, -0.1) is 0 Å². The molecule has 0 amide bonds. The third-order valence-corrected chi connectivity index (χ3v) is 11.3. The van der Waals surface area contributed by atoms with E-state index in [2.05, 4.69) is 39.5 Å². The second-order valence-corrected chi connectivity index (χ2v) is 16.5. The largest absolute Gasteiger partial charge is 0.466 e. The van der Waals surface area contributed by atoms with Crippen molar-refractivity contribution in [1.82, 2.24) is 4.90 Å². The smallest absolute Gasteiger partial charge is 0.305 e. The molecule has 0 fully saturated rings. The summed E-state index contributed by atoms with van der Waals surface area (Å²) in [6, 6.07) is 0. The fourth-order valence-electron chi connectivity index (χ4n) is 7.72. The topological polar surface area (TPSA) is 59.0 Å². The predicted molar refractivity (Wildman–Crippen MR) is 227 cm³/mol. The first kappa shape index (κ1) is 51.4. The van der Waals surface area contributed by atoms with E-state index in [1.54, 1.807) is 0 Å². The Labute approximate surface area is 326 Å². The summed E-state index contributed by atoms with van der Waals surface area (Å²) in [5.74, 6) is 0.711. The van der Waals surface area contributed by atoms with Crippen LogP contribution in [0.4, 0.5) is 0 Å². The van der Waals surface area contributed by atoms with Crippen LogP contribution in [0, 0.1) is 5.92 Å². The van der Waals surface area contributed by atoms with Crippen molar-refractivity contribution in [3.63, 3.8) is 0 Å². The number of aliphatic hydroxyl groups is 1. The normalized spacial score (nSPS) is 12.5. The Bertz CT molecular complexity index is 679. The Morgan fingerprint density at radius 3 is 1.44 bits per heavy atom. The van der Waals surface area contributed by atoms with E-state index >= 15 is 0 Å². The number of hydrogen-bond donors (Lipinski definition) is 1. The molecule has 0 aromatic heterocycles. The summed E-state index contributed by atoms with van der Waals surface area (Å²) in [4.78, 5) is 14.7. The van der Waals surface area contributed by atoms with Gasteiger partial charge in [0.05, 0.1) is 25.4 Å². The fourth-order valence-corrected chi connectivity index (χ4v) is 7.72. The van der Waals surface area contributed by atoms with Crippen LogP contribution in [0.15, 0.2) is 0 Å². The third-order valence-electron chi connectivity index (χ3n) is 11.3. The van der Waals surface area contributed by atoms with Gasteiger partial charge in [-0.3, -0.25) is 4.79 Å². The highest BCUT2D eigenvalue weighted by atomic mass is 16.5. The molecule has 1 atom stereocenters. The lowest BCUT2D eigenvalue weighted by atomic mass is 9.93. The zero-order valence-electron chi connectivity index (χ0n) is 36.2. The zero-order chi connectivity index (χ0) is 38.2. The van der Waals surface area contributed by atoms with E-state index in [1.807, 2.05) is 0 Å². The Hall–Kier alpha value is -0.650. The highest BCUT2D eigenvalue weighted by Gasteiger charge is 2.14. The second-order valence-electron chi connectivity index (χ2n) is 16.5. The quantitative estimate of drug-likeness (QED) is 0.0499. The number of aliphatic hydroxyl groups excluding tert-OH is 1. The van der Waals surface area contributed by atoms with Gasteiger partial charge in [-0.1, -0.05) is 188 Å². The van der Waals surface area contributed by atoms with Gasteiger partial charge in [0.1, 0.15) is 0 Å². The summed E-state index contributed by atoms with van der Waals surface area (Å²) >= 11 is 0. The van der Waals surface area contributed by atoms with E-state index in [0.29, 0.717) is 25.2 Å². The zero-order valence-corrected chi connectivity index (χ0v) is 36.2. The van der Waals surface area contributed by atoms with Crippen molar-refractivity contribution in [1.29, 1.82) is 0 Å². The lowest BCUT2D eigenvalue weighted by molar-refractivity contribution is -0.144. The molecule has 0 radical (unpaired) electrons. The van der Waals surface area contributed by atoms with Crippen LogP contribution in [0.25, 0.3) is 0 Å². The Balaban J connectivity index is 4.03. The Kier molecular flexibility index (Phi) is 41.0. The summed E-state index contributed by atoms with van der Waals surface area (Å²) in [6.07, 6.45) is 42.2. The standard InChI is InChI=1S/C47H95NO4/c1-6-10-14-16-21-27-35-46(36-28-22-17-15-11-7-2)52-44(5)32-26-20-18-24-30-39-48(41-42-49)40-31-25-19-23-29-37-47(50)51-43-38-45(33-12-8-3)34-13-9-4/h44-46,49H,6-43H2,1-5H3. The molecule has 0 aromatic rings. The van der Waals surface area contributed by atoms with Crippen LogP contribution in [-0.4, -0.2) is 61.0 Å². The van der Waals surface area contributed by atoms with Crippen molar-refractivity contribution in [2.24, 2.45) is 5.92 Å². The molecule has 0 saturated carbocycles. The van der Waals surface area contributed by atoms with Crippen molar-refractivity contribution >= 4 is 5.97 Å². The van der Waals surface area contributed by atoms with Crippen molar-refractivity contribution in [2.45, 2.75) is 259 Å². The monoisotopic (exact) mass is 738 g/mol. The number of hydrogen-bond acceptors (Lipinski definition) is 5. The molecular weight excluding hydrogens is 643 g/mol. The van der Waals surface area contributed by atoms with Gasteiger partial charge >= 0.3 is 5.97 Å². The molecule has 312 valence electrons. The SMILES string of the molecule is CCCCCCCCC(CCCCCCCC)OC(C)CCCCCCCN(CCO)CCCCCCCC(=O)OCCC(CCCC)CCCC. The Morgan fingerprint density at radius 1 is 0.500 bits per heavy atom. The summed E-state index contributed by atoms with van der Waals surface area (Å²) in [6.45, 7) is 15.2. The summed E-state index contributed by atoms with van der Waals surface area (Å²) in [5.41, 5.74) is 0. The van der Waals surface area contributed by atoms with Gasteiger partial charge in [-0.2, -0.15) is 0 Å². The van der Waals surface area contributed by atoms with Crippen LogP contribution in [0.3, 0.4) is 0 Å². The van der Waals surface area contributed by atoms with Crippen LogP contribution >= 0.6 is 0 Å². The number of esters is 1. The molecule has 0 aliphatic rings. The van der Waals surface area contributed by atoms with Gasteiger partial charge in [0.25, 0.3) is 0 Å². The molecule has 1 N–H and O–H groups in total. The van der Waals surface area contributed by atoms with Crippen LogP contribution in [-0.2, 0) is 14.3 Å². The molecule has 0 heterocycles. The van der Waals surface area contributed by atoms with Gasteiger partial charge in [0.2, 0.25) is 0 Å². The summed E-state index contributed by atoms with van der Waals surface area (Å²) in [5, 5.41) is 9.60. The first-order valence-electron chi connectivity index (χ1n) is 23.6. The second kappa shape index (κ2) is 41.5. The lowest BCUT2D eigenvalue weighted by Crippen LogP contribution is -2.29. The van der Waals surface area contributed by atoms with Crippen LogP contribution < -0.4 is 0 Å². The van der Waals surface area contributed by atoms with Gasteiger partial charge in [-0.05, 0) is 70.9 Å². The van der Waals surface area contributed by atoms with Gasteiger partial charge in [0, 0.05) is 13.0 Å². The molecule has 0 spiro atoms. The summed E-state index contributed by atoms with van der Waals surface area (Å²) < 4.78 is 12.2. The van der Waals surface area contributed by atoms with Gasteiger partial charge in [0.15, 0.2) is 0 Å². The van der Waals surface area contributed by atoms with Gasteiger partial charge in [-0.25, -0.2) is 0 Å². The van der Waals surface area contributed by atoms with Crippen LogP contribution in [0.5, 0.6) is 0 Å². The van der Waals surface area contributed by atoms with Crippen LogP contribution in [0.1, 0.15) is 247 Å². The third kappa shape index (κ3) is 36.3. The molecule has 0 bridgehead atoms. The van der Waals surface area contributed by atoms with E-state index in [9.17, 15) is 9.90 Å². The van der Waals surface area contributed by atoms with E-state index in [4.69, 9.17) is 9.47 Å².